The number of benzene rings is 1. The number of hydrogen-bond donors (Lipinski definition) is 0. The van der Waals surface area contributed by atoms with Gasteiger partial charge in [0, 0.05) is 0 Å². The van der Waals surface area contributed by atoms with Crippen LogP contribution in [0.5, 0.6) is 5.75 Å². The van der Waals surface area contributed by atoms with E-state index < -0.39 is 6.36 Å². The largest absolute Gasteiger partial charge is 0.573 e. The molecule has 0 bridgehead atoms. The molecular formula is C9H8BrF3O. The molecule has 1 rings (SSSR count). The van der Waals surface area contributed by atoms with Gasteiger partial charge in [-0.2, -0.15) is 0 Å². The van der Waals surface area contributed by atoms with Crippen LogP contribution < -0.4 is 4.74 Å². The van der Waals surface area contributed by atoms with Crippen LogP contribution in [0.2, 0.25) is 0 Å². The van der Waals surface area contributed by atoms with Gasteiger partial charge in [0.15, 0.2) is 0 Å². The van der Waals surface area contributed by atoms with Crippen molar-refractivity contribution in [2.45, 2.75) is 19.7 Å². The quantitative estimate of drug-likeness (QED) is 0.790. The van der Waals surface area contributed by atoms with E-state index in [1.165, 1.54) is 6.07 Å². The molecule has 78 valence electrons. The van der Waals surface area contributed by atoms with Gasteiger partial charge in [-0.05, 0) is 40.0 Å². The number of hydrogen-bond acceptors (Lipinski definition) is 1. The normalized spacial score (nSPS) is 11.5. The molecule has 0 saturated heterocycles. The number of ether oxygens (including phenoxy) is 1. The minimum atomic E-state index is -4.64. The molecule has 0 aliphatic heterocycles. The summed E-state index contributed by atoms with van der Waals surface area (Å²) in [7, 11) is 0. The third-order valence-corrected chi connectivity index (χ3v) is 2.28. The Hall–Kier alpha value is -0.710. The molecule has 0 atom stereocenters. The summed E-state index contributed by atoms with van der Waals surface area (Å²) in [6.07, 6.45) is -3.98. The number of aryl methyl sites for hydroxylation is 1. The lowest BCUT2D eigenvalue weighted by Gasteiger charge is -2.11. The first-order valence-corrected chi connectivity index (χ1v) is 4.76. The van der Waals surface area contributed by atoms with Crippen LogP contribution in [0.15, 0.2) is 22.7 Å². The maximum Gasteiger partial charge on any atom is 0.573 e. The van der Waals surface area contributed by atoms with E-state index in [-0.39, 0.29) is 5.75 Å². The van der Waals surface area contributed by atoms with Crippen molar-refractivity contribution in [2.24, 2.45) is 0 Å². The SMILES string of the molecule is CCc1ccc(Br)c(OC(F)(F)F)c1. The molecule has 0 fully saturated rings. The Morgan fingerprint density at radius 3 is 2.50 bits per heavy atom. The summed E-state index contributed by atoms with van der Waals surface area (Å²) in [5, 5.41) is 0. The number of rotatable bonds is 2. The monoisotopic (exact) mass is 268 g/mol. The van der Waals surface area contributed by atoms with Crippen LogP contribution in [0.25, 0.3) is 0 Å². The zero-order valence-electron chi connectivity index (χ0n) is 7.36. The molecule has 0 heterocycles. The Bertz CT molecular complexity index is 322. The molecule has 0 spiro atoms. The number of halogens is 4. The summed E-state index contributed by atoms with van der Waals surface area (Å²) in [4.78, 5) is 0. The van der Waals surface area contributed by atoms with Crippen LogP contribution in [0.1, 0.15) is 12.5 Å². The van der Waals surface area contributed by atoms with E-state index in [1.807, 2.05) is 6.92 Å². The second kappa shape index (κ2) is 4.21. The highest BCUT2D eigenvalue weighted by molar-refractivity contribution is 9.10. The lowest BCUT2D eigenvalue weighted by Crippen LogP contribution is -2.17. The fraction of sp³-hybridized carbons (Fsp3) is 0.333. The molecule has 1 nitrogen and oxygen atoms in total. The van der Waals surface area contributed by atoms with Crippen LogP contribution >= 0.6 is 15.9 Å². The summed E-state index contributed by atoms with van der Waals surface area (Å²) >= 11 is 2.99. The van der Waals surface area contributed by atoms with Gasteiger partial charge in [0.1, 0.15) is 5.75 Å². The predicted octanol–water partition coefficient (Wildman–Crippen LogP) is 3.91. The smallest absolute Gasteiger partial charge is 0.405 e. The molecule has 0 aliphatic carbocycles. The van der Waals surface area contributed by atoms with Crippen LogP contribution in [0.3, 0.4) is 0 Å². The molecule has 0 amide bonds. The lowest BCUT2D eigenvalue weighted by atomic mass is 10.2. The standard InChI is InChI=1S/C9H8BrF3O/c1-2-6-3-4-7(10)8(5-6)14-9(11,12)13/h3-5H,2H2,1H3. The third-order valence-electron chi connectivity index (χ3n) is 1.63. The molecule has 1 aromatic rings. The average molecular weight is 269 g/mol. The second-order valence-corrected chi connectivity index (χ2v) is 3.52. The van der Waals surface area contributed by atoms with Crippen molar-refractivity contribution in [2.75, 3.05) is 0 Å². The molecule has 0 radical (unpaired) electrons. The average Bonchev–Trinajstić information content (AvgIpc) is 2.06. The van der Waals surface area contributed by atoms with Crippen molar-refractivity contribution in [3.05, 3.63) is 28.2 Å². The van der Waals surface area contributed by atoms with Gasteiger partial charge in [0.2, 0.25) is 0 Å². The van der Waals surface area contributed by atoms with Crippen LogP contribution in [-0.2, 0) is 6.42 Å². The maximum atomic E-state index is 11.9. The molecule has 0 aromatic heterocycles. The maximum absolute atomic E-state index is 11.9. The Kier molecular flexibility index (Phi) is 3.42. The van der Waals surface area contributed by atoms with Gasteiger partial charge in [-0.25, -0.2) is 0 Å². The van der Waals surface area contributed by atoms with Gasteiger partial charge in [-0.15, -0.1) is 13.2 Å². The first-order valence-electron chi connectivity index (χ1n) is 3.96. The lowest BCUT2D eigenvalue weighted by molar-refractivity contribution is -0.274. The van der Waals surface area contributed by atoms with Crippen LogP contribution in [0, 0.1) is 0 Å². The van der Waals surface area contributed by atoms with Crippen molar-refractivity contribution in [1.82, 2.24) is 0 Å². The highest BCUT2D eigenvalue weighted by Crippen LogP contribution is 2.31. The zero-order chi connectivity index (χ0) is 10.8. The van der Waals surface area contributed by atoms with E-state index >= 15 is 0 Å². The molecule has 1 aromatic carbocycles. The Balaban J connectivity index is 2.95. The van der Waals surface area contributed by atoms with Gasteiger partial charge in [0.05, 0.1) is 4.47 Å². The number of alkyl halides is 3. The fourth-order valence-corrected chi connectivity index (χ4v) is 1.30. The molecular weight excluding hydrogens is 261 g/mol. The summed E-state index contributed by atoms with van der Waals surface area (Å²) in [6.45, 7) is 1.86. The molecule has 0 aliphatic rings. The van der Waals surface area contributed by atoms with Gasteiger partial charge in [-0.1, -0.05) is 13.0 Å². The van der Waals surface area contributed by atoms with Gasteiger partial charge < -0.3 is 4.74 Å². The summed E-state index contributed by atoms with van der Waals surface area (Å²) < 4.78 is 39.9. The summed E-state index contributed by atoms with van der Waals surface area (Å²) in [5.74, 6) is -0.197. The zero-order valence-corrected chi connectivity index (χ0v) is 8.95. The highest BCUT2D eigenvalue weighted by atomic mass is 79.9. The minimum Gasteiger partial charge on any atom is -0.405 e. The minimum absolute atomic E-state index is 0.197. The Morgan fingerprint density at radius 1 is 1.36 bits per heavy atom. The molecule has 5 heteroatoms. The van der Waals surface area contributed by atoms with E-state index in [0.717, 1.165) is 5.56 Å². The van der Waals surface area contributed by atoms with Crippen LogP contribution in [0.4, 0.5) is 13.2 Å². The summed E-state index contributed by atoms with van der Waals surface area (Å²) in [6, 6.07) is 4.66. The molecule has 0 N–H and O–H groups in total. The molecule has 0 saturated carbocycles. The van der Waals surface area contributed by atoms with E-state index in [1.54, 1.807) is 12.1 Å². The second-order valence-electron chi connectivity index (χ2n) is 2.67. The Morgan fingerprint density at radius 2 is 2.00 bits per heavy atom. The van der Waals surface area contributed by atoms with E-state index in [4.69, 9.17) is 0 Å². The first kappa shape index (κ1) is 11.4. The van der Waals surface area contributed by atoms with E-state index in [0.29, 0.717) is 10.9 Å². The van der Waals surface area contributed by atoms with Gasteiger partial charge in [0.25, 0.3) is 0 Å². The van der Waals surface area contributed by atoms with Crippen molar-refractivity contribution < 1.29 is 17.9 Å². The highest BCUT2D eigenvalue weighted by Gasteiger charge is 2.31. The predicted molar refractivity (Wildman–Crippen MR) is 50.2 cm³/mol. The first-order chi connectivity index (χ1) is 6.42. The van der Waals surface area contributed by atoms with Crippen molar-refractivity contribution in [1.29, 1.82) is 0 Å². The van der Waals surface area contributed by atoms with E-state index in [9.17, 15) is 13.2 Å². The molecule has 14 heavy (non-hydrogen) atoms. The van der Waals surface area contributed by atoms with E-state index in [2.05, 4.69) is 20.7 Å². The van der Waals surface area contributed by atoms with Gasteiger partial charge in [-0.3, -0.25) is 0 Å². The topological polar surface area (TPSA) is 9.23 Å². The van der Waals surface area contributed by atoms with Crippen molar-refractivity contribution >= 4 is 15.9 Å². The van der Waals surface area contributed by atoms with Crippen molar-refractivity contribution in [3.63, 3.8) is 0 Å². The fourth-order valence-electron chi connectivity index (χ4n) is 0.971. The summed E-state index contributed by atoms with van der Waals surface area (Å²) in [5.41, 5.74) is 0.799. The Labute approximate surface area is 88.0 Å². The molecule has 0 unspecified atom stereocenters. The van der Waals surface area contributed by atoms with Gasteiger partial charge >= 0.3 is 6.36 Å². The van der Waals surface area contributed by atoms with Crippen molar-refractivity contribution in [3.8, 4) is 5.75 Å². The third kappa shape index (κ3) is 3.21. The van der Waals surface area contributed by atoms with Crippen LogP contribution in [-0.4, -0.2) is 6.36 Å².